The molecule has 8 nitrogen and oxygen atoms in total. The van der Waals surface area contributed by atoms with Gasteiger partial charge in [0.15, 0.2) is 12.1 Å². The summed E-state index contributed by atoms with van der Waals surface area (Å²) in [7, 11) is 0. The summed E-state index contributed by atoms with van der Waals surface area (Å²) in [6, 6.07) is 0. The number of ketones is 1. The van der Waals surface area contributed by atoms with Gasteiger partial charge in [0.1, 0.15) is 24.4 Å². The number of hydrogen-bond donors (Lipinski definition) is 1. The molecule has 1 saturated heterocycles. The molecule has 0 bridgehead atoms. The minimum Gasteiger partial charge on any atom is -0.461 e. The Bertz CT molecular complexity index is 1270. The van der Waals surface area contributed by atoms with Gasteiger partial charge in [0.05, 0.1) is 17.1 Å². The fourth-order valence-electron chi connectivity index (χ4n) is 11.8. The van der Waals surface area contributed by atoms with Crippen LogP contribution in [0.5, 0.6) is 0 Å². The van der Waals surface area contributed by atoms with Gasteiger partial charge in [0, 0.05) is 13.3 Å². The number of aliphatic hydroxyl groups is 1. The zero-order valence-electron chi connectivity index (χ0n) is 25.1. The number of cyclic esters (lactones) is 1. The number of ether oxygens (including phenoxy) is 4. The first-order valence-electron chi connectivity index (χ1n) is 15.6. The van der Waals surface area contributed by atoms with Gasteiger partial charge in [-0.2, -0.15) is 0 Å². The highest BCUT2D eigenvalue weighted by molar-refractivity contribution is 6.02. The summed E-state index contributed by atoms with van der Waals surface area (Å²) in [5.74, 6) is 1.13. The van der Waals surface area contributed by atoms with Gasteiger partial charge in [-0.05, 0) is 98.5 Å². The molecule has 0 amide bonds. The minimum atomic E-state index is -0.923. The van der Waals surface area contributed by atoms with E-state index < -0.39 is 29.4 Å². The lowest BCUT2D eigenvalue weighted by atomic mass is 9.49. The molecule has 1 N–H and O–H groups in total. The van der Waals surface area contributed by atoms with Crippen LogP contribution >= 0.6 is 0 Å². The molecule has 7 rings (SSSR count). The summed E-state index contributed by atoms with van der Waals surface area (Å²) < 4.78 is 23.6. The first kappa shape index (κ1) is 27.8. The molecule has 7 aliphatic rings. The third-order valence-electron chi connectivity index (χ3n) is 13.4. The molecule has 8 heteroatoms. The van der Waals surface area contributed by atoms with Crippen LogP contribution in [0.25, 0.3) is 0 Å². The van der Waals surface area contributed by atoms with Crippen molar-refractivity contribution in [1.29, 1.82) is 0 Å². The fraction of sp³-hybridized carbons (Fsp3) is 0.788. The lowest BCUT2D eigenvalue weighted by molar-refractivity contribution is -0.160. The van der Waals surface area contributed by atoms with Crippen molar-refractivity contribution < 1.29 is 38.4 Å². The number of epoxide rings is 1. The van der Waals surface area contributed by atoms with Crippen molar-refractivity contribution in [1.82, 2.24) is 0 Å². The number of carbonyl (C=O) groups is 3. The van der Waals surface area contributed by atoms with Crippen LogP contribution in [0.15, 0.2) is 23.3 Å². The molecule has 5 aliphatic carbocycles. The van der Waals surface area contributed by atoms with E-state index in [2.05, 4.69) is 20.8 Å². The Morgan fingerprint density at radius 2 is 1.95 bits per heavy atom. The summed E-state index contributed by atoms with van der Waals surface area (Å²) >= 11 is 0. The summed E-state index contributed by atoms with van der Waals surface area (Å²) in [5.41, 5.74) is 0.209. The predicted octanol–water partition coefficient (Wildman–Crippen LogP) is 4.29. The molecule has 0 aromatic carbocycles. The molecule has 41 heavy (non-hydrogen) atoms. The van der Waals surface area contributed by atoms with Gasteiger partial charge in [-0.25, -0.2) is 4.79 Å². The molecular weight excluding hydrogens is 524 g/mol. The van der Waals surface area contributed by atoms with Crippen LogP contribution in [0, 0.1) is 45.8 Å². The Kier molecular flexibility index (Phi) is 5.94. The van der Waals surface area contributed by atoms with Crippen molar-refractivity contribution in [3.63, 3.8) is 0 Å². The van der Waals surface area contributed by atoms with E-state index in [0.29, 0.717) is 29.7 Å². The zero-order chi connectivity index (χ0) is 29.3. The van der Waals surface area contributed by atoms with Crippen molar-refractivity contribution in [2.45, 2.75) is 110 Å². The second-order valence-corrected chi connectivity index (χ2v) is 14.5. The van der Waals surface area contributed by atoms with E-state index in [9.17, 15) is 19.5 Å². The predicted molar refractivity (Wildman–Crippen MR) is 147 cm³/mol. The Balaban J connectivity index is 1.14. The van der Waals surface area contributed by atoms with E-state index in [1.54, 1.807) is 13.0 Å². The van der Waals surface area contributed by atoms with Crippen LogP contribution in [0.3, 0.4) is 0 Å². The molecule has 224 valence electrons. The molecule has 4 saturated carbocycles. The van der Waals surface area contributed by atoms with Crippen LogP contribution in [-0.2, 0) is 33.3 Å². The van der Waals surface area contributed by atoms with Gasteiger partial charge in [-0.3, -0.25) is 9.59 Å². The molecule has 2 aliphatic heterocycles. The van der Waals surface area contributed by atoms with Gasteiger partial charge in [0.25, 0.3) is 0 Å². The maximum atomic E-state index is 13.9. The van der Waals surface area contributed by atoms with Crippen molar-refractivity contribution in [2.24, 2.45) is 45.8 Å². The first-order chi connectivity index (χ1) is 19.4. The highest BCUT2D eigenvalue weighted by Gasteiger charge is 2.97. The number of rotatable bonds is 6. The van der Waals surface area contributed by atoms with Gasteiger partial charge in [0.2, 0.25) is 0 Å². The quantitative estimate of drug-likeness (QED) is 0.287. The monoisotopic (exact) mass is 568 g/mol. The molecular formula is C33H44O8. The number of fused-ring (bicyclic) bond motifs is 2. The van der Waals surface area contributed by atoms with Crippen molar-refractivity contribution >= 4 is 17.7 Å². The zero-order valence-corrected chi connectivity index (χ0v) is 25.1. The molecule has 0 aromatic rings. The van der Waals surface area contributed by atoms with Crippen LogP contribution in [0.1, 0.15) is 80.1 Å². The Morgan fingerprint density at radius 1 is 1.20 bits per heavy atom. The van der Waals surface area contributed by atoms with Crippen LogP contribution in [0.4, 0.5) is 0 Å². The Hall–Kier alpha value is -2.03. The number of hydrogen-bond acceptors (Lipinski definition) is 8. The van der Waals surface area contributed by atoms with Gasteiger partial charge < -0.3 is 24.1 Å². The standard InChI is InChI=1S/C33H44O8/c1-16-13-25(40-29(37)21(16)15-38-19(4)34)17(2)22-7-8-23-24-14-28-33(41-28)27(39-20(5)35)10-9-26(36)32(33)18(3)31(24,32)12-11-30(22,23)6/h9-10,17-18,20,22-25,27-28,35H,7-8,11-15H2,1-6H3. The molecule has 0 aromatic heterocycles. The van der Waals surface area contributed by atoms with Crippen molar-refractivity contribution in [2.75, 3.05) is 6.61 Å². The smallest absolute Gasteiger partial charge is 0.337 e. The third-order valence-corrected chi connectivity index (χ3v) is 13.4. The molecule has 13 atom stereocenters. The minimum absolute atomic E-state index is 0.0234. The number of carbonyl (C=O) groups excluding carboxylic acids is 3. The van der Waals surface area contributed by atoms with Gasteiger partial charge >= 0.3 is 11.9 Å². The van der Waals surface area contributed by atoms with E-state index in [1.165, 1.54) is 6.92 Å². The van der Waals surface area contributed by atoms with E-state index in [-0.39, 0.29) is 53.2 Å². The summed E-state index contributed by atoms with van der Waals surface area (Å²) in [6.45, 7) is 11.8. The molecule has 0 radical (unpaired) electrons. The van der Waals surface area contributed by atoms with Crippen LogP contribution in [0.2, 0.25) is 0 Å². The highest BCUT2D eigenvalue weighted by atomic mass is 16.7. The maximum Gasteiger partial charge on any atom is 0.337 e. The fourth-order valence-corrected chi connectivity index (χ4v) is 11.8. The lowest BCUT2D eigenvalue weighted by Crippen LogP contribution is -2.58. The molecule has 3 spiro atoms. The second kappa shape index (κ2) is 8.76. The van der Waals surface area contributed by atoms with E-state index in [4.69, 9.17) is 18.9 Å². The Labute approximate surface area is 242 Å². The maximum absolute atomic E-state index is 13.9. The van der Waals surface area contributed by atoms with Crippen LogP contribution < -0.4 is 0 Å². The summed E-state index contributed by atoms with van der Waals surface area (Å²) in [5, 5.41) is 10.1. The molecule has 13 unspecified atom stereocenters. The highest BCUT2D eigenvalue weighted by Crippen LogP contribution is 2.91. The van der Waals surface area contributed by atoms with Crippen molar-refractivity contribution in [3.8, 4) is 0 Å². The molecule has 5 fully saturated rings. The summed E-state index contributed by atoms with van der Waals surface area (Å²) in [4.78, 5) is 38.1. The third kappa shape index (κ3) is 3.25. The average Bonchev–Trinajstić information content (AvgIpc) is 3.71. The van der Waals surface area contributed by atoms with E-state index in [1.807, 2.05) is 13.0 Å². The number of esters is 2. The van der Waals surface area contributed by atoms with E-state index in [0.717, 1.165) is 37.7 Å². The van der Waals surface area contributed by atoms with Crippen molar-refractivity contribution in [3.05, 3.63) is 23.3 Å². The van der Waals surface area contributed by atoms with E-state index >= 15 is 0 Å². The SMILES string of the molecule is CC(=O)OCC1=C(C)CC(C(C)C2CCC3C4CC5OC56C(OC(C)O)C=CC(=O)C65C(C)C45CCC23C)OC1=O. The lowest BCUT2D eigenvalue weighted by Gasteiger charge is -2.55. The number of allylic oxidation sites excluding steroid dienone is 1. The first-order valence-corrected chi connectivity index (χ1v) is 15.6. The summed E-state index contributed by atoms with van der Waals surface area (Å²) in [6.07, 6.45) is 7.83. The average molecular weight is 569 g/mol. The Morgan fingerprint density at radius 3 is 2.63 bits per heavy atom. The molecule has 2 heterocycles. The second-order valence-electron chi connectivity index (χ2n) is 14.5. The topological polar surface area (TPSA) is 112 Å². The normalized spacial score (nSPS) is 50.5. The largest absolute Gasteiger partial charge is 0.461 e. The van der Waals surface area contributed by atoms with Gasteiger partial charge in [-0.1, -0.05) is 26.3 Å². The van der Waals surface area contributed by atoms with Gasteiger partial charge in [-0.15, -0.1) is 0 Å². The number of aliphatic hydroxyl groups excluding tert-OH is 1. The van der Waals surface area contributed by atoms with Crippen LogP contribution in [-0.4, -0.2) is 59.6 Å².